The van der Waals surface area contributed by atoms with E-state index in [0.29, 0.717) is 5.56 Å². The number of hydrogen-bond donors (Lipinski definition) is 2. The first-order valence-corrected chi connectivity index (χ1v) is 11.4. The summed E-state index contributed by atoms with van der Waals surface area (Å²) in [6, 6.07) is 2.67. The quantitative estimate of drug-likeness (QED) is 0.235. The third-order valence-electron chi connectivity index (χ3n) is 4.72. The van der Waals surface area contributed by atoms with E-state index in [1.54, 1.807) is 6.92 Å². The normalized spacial score (nSPS) is 13.4. The van der Waals surface area contributed by atoms with Gasteiger partial charge in [-0.2, -0.15) is 0 Å². The van der Waals surface area contributed by atoms with Crippen molar-refractivity contribution < 1.29 is 52.7 Å². The number of nitrogens with two attached hydrogens (primary N) is 1. The van der Waals surface area contributed by atoms with Gasteiger partial charge >= 0.3 is 24.4 Å². The zero-order chi connectivity index (χ0) is 27.4. The van der Waals surface area contributed by atoms with E-state index in [2.05, 4.69) is 4.74 Å². The second-order valence-electron chi connectivity index (χ2n) is 8.95. The van der Waals surface area contributed by atoms with Crippen molar-refractivity contribution in [1.82, 2.24) is 0 Å². The predicted molar refractivity (Wildman–Crippen MR) is 126 cm³/mol. The highest BCUT2D eigenvalue weighted by Crippen LogP contribution is 2.36. The smallest absolute Gasteiger partial charge is 0.480 e. The average Bonchev–Trinajstić information content (AvgIpc) is 2.81. The van der Waals surface area contributed by atoms with E-state index in [9.17, 15) is 24.3 Å². The highest BCUT2D eigenvalue weighted by Gasteiger charge is 2.33. The largest absolute Gasteiger partial charge is 0.513 e. The lowest BCUT2D eigenvalue weighted by molar-refractivity contribution is -0.139. The zero-order valence-corrected chi connectivity index (χ0v) is 21.3. The van der Waals surface area contributed by atoms with Gasteiger partial charge in [-0.05, 0) is 35.4 Å². The molecule has 1 aromatic carbocycles. The number of carboxylic acid groups (broad SMARTS) is 1. The number of rotatable bonds is 12. The van der Waals surface area contributed by atoms with Crippen LogP contribution in [0.5, 0.6) is 11.5 Å². The summed E-state index contributed by atoms with van der Waals surface area (Å²) in [6.07, 6.45) is -3.01. The molecule has 3 N–H and O–H groups in total. The van der Waals surface area contributed by atoms with Crippen molar-refractivity contribution in [3.05, 3.63) is 23.8 Å². The molecule has 0 saturated carbocycles. The Morgan fingerprint density at radius 1 is 0.806 bits per heavy atom. The van der Waals surface area contributed by atoms with Crippen molar-refractivity contribution in [1.29, 1.82) is 0 Å². The Bertz CT molecular complexity index is 900. The molecule has 202 valence electrons. The van der Waals surface area contributed by atoms with Crippen LogP contribution in [0.1, 0.15) is 46.1 Å². The van der Waals surface area contributed by atoms with Gasteiger partial charge in [0.15, 0.2) is 11.5 Å². The van der Waals surface area contributed by atoms with Crippen LogP contribution in [0.2, 0.25) is 0 Å². The summed E-state index contributed by atoms with van der Waals surface area (Å²) in [5.41, 5.74) is 6.26. The first kappa shape index (κ1) is 30.5. The van der Waals surface area contributed by atoms with Crippen molar-refractivity contribution in [2.75, 3.05) is 26.9 Å². The minimum atomic E-state index is -1.41. The molecule has 0 heterocycles. The molecule has 36 heavy (non-hydrogen) atoms. The lowest BCUT2D eigenvalue weighted by atomic mass is 9.82. The number of benzene rings is 1. The first-order valence-electron chi connectivity index (χ1n) is 11.4. The molecule has 1 aromatic rings. The zero-order valence-electron chi connectivity index (χ0n) is 21.3. The SMILES string of the molecule is COC(=O)OCC(C)C(c1ccc(OC(=O)OCC(C)C)c(OC(=O)OCC(C)C)c1)[C@H](N)C(=O)O. The summed E-state index contributed by atoms with van der Waals surface area (Å²) in [4.78, 5) is 47.4. The molecule has 0 aromatic heterocycles. The van der Waals surface area contributed by atoms with E-state index in [4.69, 9.17) is 29.4 Å². The maximum Gasteiger partial charge on any atom is 0.513 e. The molecular weight excluding hydrogens is 478 g/mol. The minimum absolute atomic E-state index is 0.0409. The molecular formula is C24H35NO11. The van der Waals surface area contributed by atoms with E-state index in [1.165, 1.54) is 18.2 Å². The molecule has 0 bridgehead atoms. The lowest BCUT2D eigenvalue weighted by Crippen LogP contribution is -2.40. The number of carbonyl (C=O) groups excluding carboxylic acids is 3. The topological polar surface area (TPSA) is 170 Å². The third kappa shape index (κ3) is 10.4. The third-order valence-corrected chi connectivity index (χ3v) is 4.72. The molecule has 0 spiro atoms. The Morgan fingerprint density at radius 2 is 1.31 bits per heavy atom. The molecule has 1 rings (SSSR count). The number of carbonyl (C=O) groups is 4. The van der Waals surface area contributed by atoms with Crippen molar-refractivity contribution >= 4 is 24.4 Å². The number of carboxylic acids is 1. The Morgan fingerprint density at radius 3 is 1.78 bits per heavy atom. The fourth-order valence-electron chi connectivity index (χ4n) is 3.01. The summed E-state index contributed by atoms with van der Waals surface area (Å²) in [6.45, 7) is 8.98. The van der Waals surface area contributed by atoms with Crippen LogP contribution in [0.15, 0.2) is 18.2 Å². The maximum absolute atomic E-state index is 12.2. The molecule has 0 saturated heterocycles. The van der Waals surface area contributed by atoms with Crippen LogP contribution in [-0.2, 0) is 23.7 Å². The minimum Gasteiger partial charge on any atom is -0.480 e. The van der Waals surface area contributed by atoms with Gasteiger partial charge in [-0.15, -0.1) is 0 Å². The summed E-state index contributed by atoms with van der Waals surface area (Å²) >= 11 is 0. The fraction of sp³-hybridized carbons (Fsp3) is 0.583. The molecule has 2 unspecified atom stereocenters. The van der Waals surface area contributed by atoms with Gasteiger partial charge < -0.3 is 39.3 Å². The summed E-state index contributed by atoms with van der Waals surface area (Å²) in [5, 5.41) is 9.55. The molecule has 0 radical (unpaired) electrons. The summed E-state index contributed by atoms with van der Waals surface area (Å²) < 4.78 is 29.9. The molecule has 12 nitrogen and oxygen atoms in total. The van der Waals surface area contributed by atoms with Gasteiger partial charge in [0.2, 0.25) is 0 Å². The Kier molecular flexibility index (Phi) is 12.5. The Balaban J connectivity index is 3.33. The van der Waals surface area contributed by atoms with Crippen LogP contribution in [0.3, 0.4) is 0 Å². The molecule has 0 aliphatic carbocycles. The highest BCUT2D eigenvalue weighted by atomic mass is 16.7. The van der Waals surface area contributed by atoms with Gasteiger partial charge in [-0.25, -0.2) is 14.4 Å². The van der Waals surface area contributed by atoms with Crippen LogP contribution in [-0.4, -0.2) is 62.5 Å². The average molecular weight is 514 g/mol. The molecule has 0 aliphatic rings. The van der Waals surface area contributed by atoms with Gasteiger partial charge in [-0.3, -0.25) is 4.79 Å². The van der Waals surface area contributed by atoms with E-state index >= 15 is 0 Å². The van der Waals surface area contributed by atoms with Crippen molar-refractivity contribution in [3.8, 4) is 11.5 Å². The molecule has 0 amide bonds. The van der Waals surface area contributed by atoms with Crippen LogP contribution in [0.4, 0.5) is 14.4 Å². The van der Waals surface area contributed by atoms with Crippen molar-refractivity contribution in [2.24, 2.45) is 23.5 Å². The molecule has 0 fully saturated rings. The molecule has 12 heteroatoms. The van der Waals surface area contributed by atoms with Gasteiger partial charge in [0.1, 0.15) is 6.04 Å². The van der Waals surface area contributed by atoms with Crippen LogP contribution >= 0.6 is 0 Å². The predicted octanol–water partition coefficient (Wildman–Crippen LogP) is 3.94. The Labute approximate surface area is 209 Å². The second kappa shape index (κ2) is 14.8. The first-order chi connectivity index (χ1) is 16.8. The van der Waals surface area contributed by atoms with Crippen LogP contribution in [0, 0.1) is 17.8 Å². The lowest BCUT2D eigenvalue weighted by Gasteiger charge is -2.27. The number of ether oxygens (including phenoxy) is 6. The number of aliphatic carboxylic acids is 1. The van der Waals surface area contributed by atoms with Gasteiger partial charge in [0.05, 0.1) is 26.9 Å². The molecule has 3 atom stereocenters. The second-order valence-corrected chi connectivity index (χ2v) is 8.95. The van der Waals surface area contributed by atoms with Crippen LogP contribution < -0.4 is 15.2 Å². The monoisotopic (exact) mass is 513 g/mol. The van der Waals surface area contributed by atoms with E-state index in [0.717, 1.165) is 7.11 Å². The summed E-state index contributed by atoms with van der Waals surface area (Å²) in [5.74, 6) is -3.07. The summed E-state index contributed by atoms with van der Waals surface area (Å²) in [7, 11) is 1.14. The van der Waals surface area contributed by atoms with Gasteiger partial charge in [0.25, 0.3) is 0 Å². The number of methoxy groups -OCH3 is 1. The maximum atomic E-state index is 12.2. The van der Waals surface area contributed by atoms with E-state index < -0.39 is 42.3 Å². The van der Waals surface area contributed by atoms with Crippen LogP contribution in [0.25, 0.3) is 0 Å². The Hall–Kier alpha value is -3.54. The van der Waals surface area contributed by atoms with Gasteiger partial charge in [0, 0.05) is 5.92 Å². The standard InChI is InChI=1S/C24H35NO11/c1-13(2)10-32-23(29)35-17-8-7-16(9-18(17)36-24(30)33-11-14(3)4)19(20(25)21(26)27)15(5)12-34-22(28)31-6/h7-9,13-15,19-20H,10-12,25H2,1-6H3,(H,26,27)/t15?,19?,20-/m0/s1. The van der Waals surface area contributed by atoms with Crippen molar-refractivity contribution in [3.63, 3.8) is 0 Å². The van der Waals surface area contributed by atoms with E-state index in [1.807, 2.05) is 27.7 Å². The fourth-order valence-corrected chi connectivity index (χ4v) is 3.01. The number of hydrogen-bond acceptors (Lipinski definition) is 11. The van der Waals surface area contributed by atoms with E-state index in [-0.39, 0.29) is 43.2 Å². The molecule has 0 aliphatic heterocycles. The van der Waals surface area contributed by atoms with Crippen molar-refractivity contribution in [2.45, 2.75) is 46.6 Å². The highest BCUT2D eigenvalue weighted by molar-refractivity contribution is 5.75. The van der Waals surface area contributed by atoms with Gasteiger partial charge in [-0.1, -0.05) is 40.7 Å².